The lowest BCUT2D eigenvalue weighted by molar-refractivity contribution is -0.131. The van der Waals surface area contributed by atoms with Crippen molar-refractivity contribution < 1.29 is 4.79 Å². The molecule has 0 spiro atoms. The molecule has 41 heavy (non-hydrogen) atoms. The molecule has 12 nitrogen and oxygen atoms in total. The Morgan fingerprint density at radius 2 is 1.66 bits per heavy atom. The van der Waals surface area contributed by atoms with Gasteiger partial charge in [0.15, 0.2) is 11.5 Å². The number of likely N-dealkylation sites (N-methyl/N-ethyl adjacent to an activating group) is 1. The van der Waals surface area contributed by atoms with Gasteiger partial charge in [0.05, 0.1) is 31.7 Å². The number of aromatic nitrogens is 7. The van der Waals surface area contributed by atoms with Crippen LogP contribution in [-0.4, -0.2) is 90.0 Å². The molecule has 0 radical (unpaired) electrons. The van der Waals surface area contributed by atoms with E-state index in [-0.39, 0.29) is 18.5 Å². The monoisotopic (exact) mass is 553 g/mol. The maximum Gasteiger partial charge on any atom is 0.236 e. The predicted octanol–water partition coefficient (Wildman–Crippen LogP) is 1.60. The zero-order valence-electron chi connectivity index (χ0n) is 23.1. The van der Waals surface area contributed by atoms with Crippen LogP contribution in [0.3, 0.4) is 0 Å². The molecule has 2 aromatic carbocycles. The van der Waals surface area contributed by atoms with Crippen LogP contribution in [0, 0.1) is 0 Å². The maximum absolute atomic E-state index is 11.1. The fourth-order valence-electron chi connectivity index (χ4n) is 4.79. The Hall–Kier alpha value is -4.68. The maximum atomic E-state index is 11.1. The topological polar surface area (TPSA) is 150 Å². The van der Waals surface area contributed by atoms with Gasteiger partial charge in [0.2, 0.25) is 5.91 Å². The number of rotatable bonds is 7. The summed E-state index contributed by atoms with van der Waals surface area (Å²) in [6.45, 7) is 4.22. The van der Waals surface area contributed by atoms with Crippen molar-refractivity contribution in [2.45, 2.75) is 19.0 Å². The third-order valence-electron chi connectivity index (χ3n) is 7.13. The largest absolute Gasteiger partial charge is 0.382 e. The zero-order valence-corrected chi connectivity index (χ0v) is 23.1. The molecule has 4 N–H and O–H groups in total. The Morgan fingerprint density at radius 3 is 2.37 bits per heavy atom. The van der Waals surface area contributed by atoms with Crippen molar-refractivity contribution in [2.75, 3.05) is 45.5 Å². The molecule has 0 saturated carbocycles. The van der Waals surface area contributed by atoms with Crippen LogP contribution in [0.15, 0.2) is 79.5 Å². The number of hydrogen-bond acceptors (Lipinski definition) is 9. The van der Waals surface area contributed by atoms with Gasteiger partial charge in [-0.25, -0.2) is 19.6 Å². The van der Waals surface area contributed by atoms with E-state index in [2.05, 4.69) is 73.6 Å². The third kappa shape index (κ3) is 6.91. The number of carbonyl (C=O) groups is 1. The molecule has 1 aliphatic rings. The first-order valence-corrected chi connectivity index (χ1v) is 13.6. The van der Waals surface area contributed by atoms with Crippen LogP contribution in [-0.2, 0) is 17.8 Å². The lowest BCUT2D eigenvalue weighted by Crippen LogP contribution is -2.48. The van der Waals surface area contributed by atoms with Crippen LogP contribution in [0.5, 0.6) is 0 Å². The lowest BCUT2D eigenvalue weighted by atomic mass is 9.99. The van der Waals surface area contributed by atoms with Gasteiger partial charge in [0.25, 0.3) is 0 Å². The first-order chi connectivity index (χ1) is 20.0. The number of nitrogens with zero attached hydrogens (tertiary/aromatic N) is 9. The van der Waals surface area contributed by atoms with Crippen LogP contribution in [0.4, 0.5) is 5.82 Å². The average molecular weight is 554 g/mol. The first-order valence-electron chi connectivity index (χ1n) is 13.6. The predicted molar refractivity (Wildman–Crippen MR) is 157 cm³/mol. The molecule has 0 aliphatic carbocycles. The highest BCUT2D eigenvalue weighted by Crippen LogP contribution is 2.23. The van der Waals surface area contributed by atoms with Gasteiger partial charge >= 0.3 is 0 Å². The van der Waals surface area contributed by atoms with E-state index in [1.807, 2.05) is 44.6 Å². The van der Waals surface area contributed by atoms with Crippen LogP contribution < -0.4 is 11.5 Å². The Balaban J connectivity index is 0.000000259. The second kappa shape index (κ2) is 13.1. The molecule has 6 rings (SSSR count). The summed E-state index contributed by atoms with van der Waals surface area (Å²) in [4.78, 5) is 27.7. The summed E-state index contributed by atoms with van der Waals surface area (Å²) in [5.74, 6) is 0.438. The minimum absolute atomic E-state index is 0.0485. The number of nitrogens with two attached hydrogens (primary N) is 2. The van der Waals surface area contributed by atoms with Gasteiger partial charge in [-0.1, -0.05) is 65.9 Å². The Kier molecular flexibility index (Phi) is 8.92. The minimum atomic E-state index is 0.0485. The van der Waals surface area contributed by atoms with Gasteiger partial charge in [0.1, 0.15) is 17.5 Å². The standard InChI is InChI=1S/C22H20N8.C7H15N3O/c23-21-20-22(25-14-24-21)29(15-26-20)12-18-13-30(28-27-18)19(17-9-5-2-6-10-17)11-16-7-3-1-4-8-16;1-9-2-4-10(5-3-9)7(11)6-8/h1-10,13-15,19H,11-12H2,(H2,23,24,25);2-6,8H2,1H3. The molecule has 3 aromatic heterocycles. The fraction of sp³-hybridized carbons (Fsp3) is 0.310. The van der Waals surface area contributed by atoms with E-state index in [0.717, 1.165) is 38.3 Å². The van der Waals surface area contributed by atoms with Crippen molar-refractivity contribution >= 4 is 22.9 Å². The summed E-state index contributed by atoms with van der Waals surface area (Å²) in [5.41, 5.74) is 15.6. The van der Waals surface area contributed by atoms with Crippen molar-refractivity contribution in [1.82, 2.24) is 44.3 Å². The van der Waals surface area contributed by atoms with Crippen molar-refractivity contribution in [3.05, 3.63) is 96.3 Å². The molecule has 1 saturated heterocycles. The summed E-state index contributed by atoms with van der Waals surface area (Å²) in [6, 6.07) is 20.8. The quantitative estimate of drug-likeness (QED) is 0.306. The van der Waals surface area contributed by atoms with Gasteiger partial charge in [-0.2, -0.15) is 0 Å². The van der Waals surface area contributed by atoms with Gasteiger partial charge < -0.3 is 25.8 Å². The van der Waals surface area contributed by atoms with E-state index in [0.29, 0.717) is 23.5 Å². The molecule has 1 unspecified atom stereocenters. The number of amides is 1. The molecule has 1 amide bonds. The minimum Gasteiger partial charge on any atom is -0.382 e. The number of anilines is 1. The summed E-state index contributed by atoms with van der Waals surface area (Å²) in [7, 11) is 2.06. The Bertz CT molecular complexity index is 1540. The average Bonchev–Trinajstić information content (AvgIpc) is 3.65. The fourth-order valence-corrected chi connectivity index (χ4v) is 4.79. The van der Waals surface area contributed by atoms with E-state index < -0.39 is 0 Å². The zero-order chi connectivity index (χ0) is 28.6. The highest BCUT2D eigenvalue weighted by atomic mass is 16.2. The molecule has 12 heteroatoms. The van der Waals surface area contributed by atoms with Gasteiger partial charge in [-0.3, -0.25) is 4.79 Å². The van der Waals surface area contributed by atoms with Gasteiger partial charge in [0, 0.05) is 26.2 Å². The molecule has 1 atom stereocenters. The third-order valence-corrected chi connectivity index (χ3v) is 7.13. The number of hydrogen-bond donors (Lipinski definition) is 2. The summed E-state index contributed by atoms with van der Waals surface area (Å²) in [6.07, 6.45) is 5.95. The highest BCUT2D eigenvalue weighted by molar-refractivity contribution is 5.81. The van der Waals surface area contributed by atoms with Crippen LogP contribution in [0.25, 0.3) is 11.2 Å². The van der Waals surface area contributed by atoms with E-state index in [9.17, 15) is 4.79 Å². The van der Waals surface area contributed by atoms with Crippen molar-refractivity contribution in [3.8, 4) is 0 Å². The summed E-state index contributed by atoms with van der Waals surface area (Å²) >= 11 is 0. The van der Waals surface area contributed by atoms with E-state index >= 15 is 0 Å². The van der Waals surface area contributed by atoms with E-state index in [1.54, 1.807) is 6.33 Å². The number of benzene rings is 2. The SMILES string of the molecule is CN1CCN(C(=O)CN)CC1.Nc1ncnc2c1ncn2Cc1cn(C(Cc2ccccc2)c2ccccc2)nn1. The number of piperazine rings is 1. The van der Waals surface area contributed by atoms with Crippen molar-refractivity contribution in [2.24, 2.45) is 5.73 Å². The number of carbonyl (C=O) groups excluding carboxylic acids is 1. The van der Waals surface area contributed by atoms with Gasteiger partial charge in [-0.15, -0.1) is 5.10 Å². The highest BCUT2D eigenvalue weighted by Gasteiger charge is 2.18. The normalized spacial score (nSPS) is 14.4. The summed E-state index contributed by atoms with van der Waals surface area (Å²) in [5, 5.41) is 8.84. The molecular weight excluding hydrogens is 518 g/mol. The van der Waals surface area contributed by atoms with Crippen molar-refractivity contribution in [1.29, 1.82) is 0 Å². The Labute approximate surface area is 238 Å². The second-order valence-electron chi connectivity index (χ2n) is 10.00. The Morgan fingerprint density at radius 1 is 0.951 bits per heavy atom. The molecule has 1 fully saturated rings. The smallest absolute Gasteiger partial charge is 0.236 e. The van der Waals surface area contributed by atoms with Crippen molar-refractivity contribution in [3.63, 3.8) is 0 Å². The summed E-state index contributed by atoms with van der Waals surface area (Å²) < 4.78 is 3.83. The lowest BCUT2D eigenvalue weighted by Gasteiger charge is -2.32. The number of nitrogen functional groups attached to an aromatic ring is 1. The molecule has 1 aliphatic heterocycles. The molecule has 5 aromatic rings. The number of fused-ring (bicyclic) bond motifs is 1. The van der Waals surface area contributed by atoms with Crippen LogP contribution >= 0.6 is 0 Å². The van der Waals surface area contributed by atoms with Crippen LogP contribution in [0.2, 0.25) is 0 Å². The molecule has 212 valence electrons. The first kappa shape index (κ1) is 27.9. The number of imidazole rings is 1. The van der Waals surface area contributed by atoms with Gasteiger partial charge in [-0.05, 0) is 24.6 Å². The second-order valence-corrected chi connectivity index (χ2v) is 10.00. The van der Waals surface area contributed by atoms with Crippen LogP contribution in [0.1, 0.15) is 22.9 Å². The van der Waals surface area contributed by atoms with E-state index in [4.69, 9.17) is 11.5 Å². The molecular formula is C29H35N11O. The molecule has 4 heterocycles. The molecule has 0 bridgehead atoms. The van der Waals surface area contributed by atoms with E-state index in [1.165, 1.54) is 17.5 Å².